The number of nitrogens with zero attached hydrogens (tertiary/aromatic N) is 2. The number of carboxylic acid groups (broad SMARTS) is 1. The number of carbonyl (C=O) groups excluding carboxylic acids is 1. The minimum Gasteiger partial charge on any atom is -0.480 e. The normalized spacial score (nSPS) is 17.2. The first-order chi connectivity index (χ1) is 10.0. The minimum atomic E-state index is -0.974. The Kier molecular flexibility index (Phi) is 4.80. The molecule has 6 heteroatoms. The summed E-state index contributed by atoms with van der Waals surface area (Å²) < 4.78 is 4.95. The fourth-order valence-electron chi connectivity index (χ4n) is 2.49. The quantitative estimate of drug-likeness (QED) is 0.905. The molecule has 2 amide bonds. The third kappa shape index (κ3) is 3.33. The van der Waals surface area contributed by atoms with Crippen molar-refractivity contribution in [1.29, 1.82) is 0 Å². The van der Waals surface area contributed by atoms with Crippen molar-refractivity contribution < 1.29 is 19.4 Å². The lowest BCUT2D eigenvalue weighted by Crippen LogP contribution is -2.53. The topological polar surface area (TPSA) is 70.1 Å². The van der Waals surface area contributed by atoms with E-state index < -0.39 is 12.0 Å². The lowest BCUT2D eigenvalue weighted by atomic mass is 9.94. The summed E-state index contributed by atoms with van der Waals surface area (Å²) in [5.41, 5.74) is 2.00. The number of fused-ring (bicyclic) bond motifs is 1. The van der Waals surface area contributed by atoms with E-state index in [1.54, 1.807) is 14.2 Å². The van der Waals surface area contributed by atoms with Gasteiger partial charge in [-0.1, -0.05) is 24.3 Å². The van der Waals surface area contributed by atoms with Crippen molar-refractivity contribution in [3.63, 3.8) is 0 Å². The van der Waals surface area contributed by atoms with Gasteiger partial charge in [0.25, 0.3) is 0 Å². The highest BCUT2D eigenvalue weighted by molar-refractivity contribution is 5.83. The van der Waals surface area contributed by atoms with E-state index in [2.05, 4.69) is 0 Å². The molecule has 0 saturated heterocycles. The summed E-state index contributed by atoms with van der Waals surface area (Å²) >= 11 is 0. The van der Waals surface area contributed by atoms with Crippen LogP contribution in [0.1, 0.15) is 11.1 Å². The number of aliphatic carboxylic acids is 1. The fraction of sp³-hybridized carbons (Fsp3) is 0.467. The first-order valence-corrected chi connectivity index (χ1v) is 6.85. The molecule has 1 heterocycles. The molecule has 0 aliphatic carbocycles. The van der Waals surface area contributed by atoms with Gasteiger partial charge in [0.15, 0.2) is 0 Å². The van der Waals surface area contributed by atoms with Gasteiger partial charge in [-0.05, 0) is 11.1 Å². The Morgan fingerprint density at radius 1 is 1.38 bits per heavy atom. The van der Waals surface area contributed by atoms with Crippen molar-refractivity contribution in [2.24, 2.45) is 0 Å². The maximum Gasteiger partial charge on any atom is 0.326 e. The van der Waals surface area contributed by atoms with Crippen LogP contribution in [-0.2, 0) is 22.5 Å². The number of urea groups is 1. The molecule has 2 rings (SSSR count). The van der Waals surface area contributed by atoms with E-state index in [4.69, 9.17) is 4.74 Å². The zero-order valence-corrected chi connectivity index (χ0v) is 12.3. The van der Waals surface area contributed by atoms with Gasteiger partial charge >= 0.3 is 12.0 Å². The van der Waals surface area contributed by atoms with Crippen molar-refractivity contribution in [3.05, 3.63) is 35.4 Å². The molecule has 1 unspecified atom stereocenters. The number of ether oxygens (including phenoxy) is 1. The maximum atomic E-state index is 12.5. The predicted octanol–water partition coefficient (Wildman–Crippen LogP) is 1.20. The zero-order chi connectivity index (χ0) is 15.4. The number of methoxy groups -OCH3 is 1. The lowest BCUT2D eigenvalue weighted by molar-refractivity contribution is -0.142. The highest BCUT2D eigenvalue weighted by atomic mass is 16.5. The van der Waals surface area contributed by atoms with Gasteiger partial charge in [0.2, 0.25) is 0 Å². The van der Waals surface area contributed by atoms with Crippen LogP contribution in [0.25, 0.3) is 0 Å². The average molecular weight is 292 g/mol. The van der Waals surface area contributed by atoms with Gasteiger partial charge in [0.1, 0.15) is 6.04 Å². The van der Waals surface area contributed by atoms with Gasteiger partial charge in [-0.3, -0.25) is 0 Å². The standard InChI is InChI=1S/C15H20N2O4/c1-16(7-8-21-2)15(20)17-10-12-6-4-3-5-11(12)9-13(17)14(18)19/h3-6,13H,7-10H2,1-2H3,(H,18,19). The summed E-state index contributed by atoms with van der Waals surface area (Å²) in [6, 6.07) is 6.54. The number of hydrogen-bond donors (Lipinski definition) is 1. The lowest BCUT2D eigenvalue weighted by Gasteiger charge is -2.36. The molecule has 1 aliphatic rings. The van der Waals surface area contributed by atoms with Gasteiger partial charge in [-0.2, -0.15) is 0 Å². The first kappa shape index (κ1) is 15.3. The Labute approximate surface area is 123 Å². The van der Waals surface area contributed by atoms with Gasteiger partial charge in [-0.15, -0.1) is 0 Å². The van der Waals surface area contributed by atoms with Crippen molar-refractivity contribution in [2.45, 2.75) is 19.0 Å². The van der Waals surface area contributed by atoms with Crippen LogP contribution in [0.15, 0.2) is 24.3 Å². The highest BCUT2D eigenvalue weighted by Crippen LogP contribution is 2.24. The van der Waals surface area contributed by atoms with E-state index >= 15 is 0 Å². The molecule has 1 aromatic rings. The number of likely N-dealkylation sites (N-methyl/N-ethyl adjacent to an activating group) is 1. The highest BCUT2D eigenvalue weighted by Gasteiger charge is 2.35. The zero-order valence-electron chi connectivity index (χ0n) is 12.3. The Bertz CT molecular complexity index is 532. The van der Waals surface area contributed by atoms with E-state index in [0.29, 0.717) is 26.1 Å². The second kappa shape index (κ2) is 6.58. The number of carboxylic acids is 1. The maximum absolute atomic E-state index is 12.5. The van der Waals surface area contributed by atoms with Crippen LogP contribution < -0.4 is 0 Å². The molecule has 1 N–H and O–H groups in total. The Hall–Kier alpha value is -2.08. The van der Waals surface area contributed by atoms with Gasteiger partial charge in [-0.25, -0.2) is 9.59 Å². The van der Waals surface area contributed by atoms with Crippen molar-refractivity contribution in [1.82, 2.24) is 9.80 Å². The second-order valence-corrected chi connectivity index (χ2v) is 5.15. The van der Waals surface area contributed by atoms with Gasteiger partial charge in [0.05, 0.1) is 6.61 Å². The summed E-state index contributed by atoms with van der Waals surface area (Å²) in [7, 11) is 3.22. The first-order valence-electron chi connectivity index (χ1n) is 6.85. The molecule has 114 valence electrons. The van der Waals surface area contributed by atoms with Crippen LogP contribution in [0, 0.1) is 0 Å². The number of amides is 2. The van der Waals surface area contributed by atoms with Crippen LogP contribution in [0.2, 0.25) is 0 Å². The molecule has 0 saturated carbocycles. The van der Waals surface area contributed by atoms with Crippen molar-refractivity contribution in [3.8, 4) is 0 Å². The monoisotopic (exact) mass is 292 g/mol. The Morgan fingerprint density at radius 2 is 2.05 bits per heavy atom. The minimum absolute atomic E-state index is 0.283. The average Bonchev–Trinajstić information content (AvgIpc) is 2.50. The van der Waals surface area contributed by atoms with E-state index in [9.17, 15) is 14.7 Å². The molecule has 1 atom stereocenters. The summed E-state index contributed by atoms with van der Waals surface area (Å²) in [4.78, 5) is 26.9. The third-order valence-electron chi connectivity index (χ3n) is 3.74. The van der Waals surface area contributed by atoms with Crippen LogP contribution >= 0.6 is 0 Å². The predicted molar refractivity (Wildman–Crippen MR) is 77.0 cm³/mol. The van der Waals surface area contributed by atoms with Crippen LogP contribution in [0.5, 0.6) is 0 Å². The Morgan fingerprint density at radius 3 is 2.67 bits per heavy atom. The van der Waals surface area contributed by atoms with E-state index in [-0.39, 0.29) is 6.03 Å². The number of benzene rings is 1. The molecule has 0 spiro atoms. The summed E-state index contributed by atoms with van der Waals surface area (Å²) in [6.45, 7) is 1.17. The molecule has 0 bridgehead atoms. The molecule has 0 radical (unpaired) electrons. The smallest absolute Gasteiger partial charge is 0.326 e. The molecule has 0 fully saturated rings. The molecule has 6 nitrogen and oxygen atoms in total. The van der Waals surface area contributed by atoms with E-state index in [1.165, 1.54) is 9.80 Å². The third-order valence-corrected chi connectivity index (χ3v) is 3.74. The Balaban J connectivity index is 2.20. The number of rotatable bonds is 4. The molecule has 0 aromatic heterocycles. The summed E-state index contributed by atoms with van der Waals surface area (Å²) in [5.74, 6) is -0.974. The summed E-state index contributed by atoms with van der Waals surface area (Å²) in [6.07, 6.45) is 0.343. The van der Waals surface area contributed by atoms with Crippen LogP contribution in [0.3, 0.4) is 0 Å². The number of carbonyl (C=O) groups is 2. The van der Waals surface area contributed by atoms with Crippen LogP contribution in [-0.4, -0.2) is 60.3 Å². The van der Waals surface area contributed by atoms with Crippen LogP contribution in [0.4, 0.5) is 4.79 Å². The number of hydrogen-bond acceptors (Lipinski definition) is 3. The fourth-order valence-corrected chi connectivity index (χ4v) is 2.49. The van der Waals surface area contributed by atoms with Gasteiger partial charge in [0, 0.05) is 33.7 Å². The molecular weight excluding hydrogens is 272 g/mol. The largest absolute Gasteiger partial charge is 0.480 e. The van der Waals surface area contributed by atoms with E-state index in [0.717, 1.165) is 11.1 Å². The molecule has 1 aliphatic heterocycles. The molecule has 1 aromatic carbocycles. The molecular formula is C15H20N2O4. The van der Waals surface area contributed by atoms with E-state index in [1.807, 2.05) is 24.3 Å². The van der Waals surface area contributed by atoms with Crippen molar-refractivity contribution in [2.75, 3.05) is 27.3 Å². The van der Waals surface area contributed by atoms with Gasteiger partial charge < -0.3 is 19.6 Å². The van der Waals surface area contributed by atoms with Crippen molar-refractivity contribution >= 4 is 12.0 Å². The molecule has 21 heavy (non-hydrogen) atoms. The second-order valence-electron chi connectivity index (χ2n) is 5.15. The summed E-state index contributed by atoms with van der Waals surface area (Å²) in [5, 5.41) is 9.40. The SMILES string of the molecule is COCCN(C)C(=O)N1Cc2ccccc2CC1C(=O)O.